The summed E-state index contributed by atoms with van der Waals surface area (Å²) in [7, 11) is -2.99. The first kappa shape index (κ1) is 14.1. The lowest BCUT2D eigenvalue weighted by molar-refractivity contribution is 0.112. The molecule has 4 nitrogen and oxygen atoms in total. The largest absolute Gasteiger partial charge is 0.490 e. The first-order chi connectivity index (χ1) is 8.99. The summed E-state index contributed by atoms with van der Waals surface area (Å²) in [5.74, 6) is 0.685. The number of rotatable bonds is 4. The van der Waals surface area contributed by atoms with Crippen LogP contribution in [0.1, 0.15) is 36.0 Å². The van der Waals surface area contributed by atoms with E-state index in [0.717, 1.165) is 25.5 Å². The van der Waals surface area contributed by atoms with Crippen LogP contribution in [0.2, 0.25) is 0 Å². The highest BCUT2D eigenvalue weighted by Gasteiger charge is 2.29. The highest BCUT2D eigenvalue weighted by molar-refractivity contribution is 7.91. The molecule has 0 spiro atoms. The molecule has 1 saturated carbocycles. The van der Waals surface area contributed by atoms with Crippen molar-refractivity contribution >= 4 is 16.1 Å². The Kier molecular flexibility index (Phi) is 4.24. The topological polar surface area (TPSA) is 60.4 Å². The first-order valence-corrected chi connectivity index (χ1v) is 8.35. The van der Waals surface area contributed by atoms with Gasteiger partial charge in [-0.1, -0.05) is 0 Å². The molecule has 1 fully saturated rings. The van der Waals surface area contributed by atoms with Gasteiger partial charge in [0.15, 0.2) is 0 Å². The van der Waals surface area contributed by atoms with Crippen LogP contribution in [0.3, 0.4) is 0 Å². The summed E-state index contributed by atoms with van der Waals surface area (Å²) in [6.07, 6.45) is 5.03. The number of sulfone groups is 1. The molecule has 0 aromatic heterocycles. The van der Waals surface area contributed by atoms with E-state index in [1.807, 2.05) is 0 Å². The fourth-order valence-electron chi connectivity index (χ4n) is 2.42. The minimum absolute atomic E-state index is 0.0597. The Balaban J connectivity index is 2.00. The molecule has 19 heavy (non-hydrogen) atoms. The Morgan fingerprint density at radius 1 is 1.21 bits per heavy atom. The molecule has 0 N–H and O–H groups in total. The molecule has 1 aliphatic carbocycles. The molecule has 104 valence electrons. The zero-order chi connectivity index (χ0) is 13.9. The summed E-state index contributed by atoms with van der Waals surface area (Å²) in [4.78, 5) is 10.6. The average Bonchev–Trinajstić information content (AvgIpc) is 2.39. The van der Waals surface area contributed by atoms with Crippen LogP contribution in [0.15, 0.2) is 24.3 Å². The monoisotopic (exact) mass is 282 g/mol. The lowest BCUT2D eigenvalue weighted by Gasteiger charge is -2.28. The molecule has 1 aliphatic rings. The molecule has 0 aliphatic heterocycles. The maximum Gasteiger partial charge on any atom is 0.150 e. The molecule has 0 bridgehead atoms. The lowest BCUT2D eigenvalue weighted by Crippen LogP contribution is -2.33. The molecule has 1 aromatic carbocycles. The van der Waals surface area contributed by atoms with Crippen LogP contribution < -0.4 is 4.74 Å². The van der Waals surface area contributed by atoms with E-state index in [1.165, 1.54) is 6.26 Å². The van der Waals surface area contributed by atoms with E-state index in [4.69, 9.17) is 4.74 Å². The number of hydrogen-bond donors (Lipinski definition) is 0. The smallest absolute Gasteiger partial charge is 0.150 e. The predicted octanol–water partition coefficient (Wildman–Crippen LogP) is 2.23. The van der Waals surface area contributed by atoms with Gasteiger partial charge in [-0.25, -0.2) is 8.42 Å². The van der Waals surface area contributed by atoms with E-state index in [0.29, 0.717) is 17.7 Å². The Labute approximate surface area is 113 Å². The van der Waals surface area contributed by atoms with Gasteiger partial charge in [0, 0.05) is 18.2 Å². The molecule has 0 amide bonds. The summed E-state index contributed by atoms with van der Waals surface area (Å²) in [5.41, 5.74) is 0.602. The van der Waals surface area contributed by atoms with Gasteiger partial charge in [0.05, 0.1) is 11.4 Å². The molecule has 0 heterocycles. The third-order valence-corrected chi connectivity index (χ3v) is 5.14. The summed E-state index contributed by atoms with van der Waals surface area (Å²) >= 11 is 0. The van der Waals surface area contributed by atoms with Gasteiger partial charge in [0.1, 0.15) is 21.9 Å². The van der Waals surface area contributed by atoms with Gasteiger partial charge in [-0.2, -0.15) is 0 Å². The summed E-state index contributed by atoms with van der Waals surface area (Å²) in [6.45, 7) is 0. The first-order valence-electron chi connectivity index (χ1n) is 6.40. The molecule has 2 rings (SSSR count). The van der Waals surface area contributed by atoms with Crippen LogP contribution in [0, 0.1) is 0 Å². The molecule has 5 heteroatoms. The van der Waals surface area contributed by atoms with Gasteiger partial charge in [0.2, 0.25) is 0 Å². The van der Waals surface area contributed by atoms with Crippen molar-refractivity contribution in [3.05, 3.63) is 29.8 Å². The van der Waals surface area contributed by atoms with Gasteiger partial charge in [0.25, 0.3) is 0 Å². The summed E-state index contributed by atoms with van der Waals surface area (Å²) in [5, 5.41) is -0.291. The van der Waals surface area contributed by atoms with E-state index in [2.05, 4.69) is 0 Å². The normalized spacial score (nSPS) is 23.8. The Hall–Kier alpha value is -1.36. The van der Waals surface area contributed by atoms with Crippen molar-refractivity contribution in [1.29, 1.82) is 0 Å². The molecule has 1 aromatic rings. The van der Waals surface area contributed by atoms with Crippen LogP contribution >= 0.6 is 0 Å². The predicted molar refractivity (Wildman–Crippen MR) is 73.3 cm³/mol. The quantitative estimate of drug-likeness (QED) is 0.795. The third kappa shape index (κ3) is 3.80. The molecule has 0 radical (unpaired) electrons. The van der Waals surface area contributed by atoms with Crippen molar-refractivity contribution in [3.8, 4) is 5.75 Å². The van der Waals surface area contributed by atoms with Crippen LogP contribution in [0.4, 0.5) is 0 Å². The highest BCUT2D eigenvalue weighted by atomic mass is 32.2. The number of aldehydes is 1. The van der Waals surface area contributed by atoms with Crippen LogP contribution in [-0.4, -0.2) is 32.3 Å². The Bertz CT molecular complexity index is 533. The van der Waals surface area contributed by atoms with Crippen LogP contribution in [-0.2, 0) is 9.84 Å². The zero-order valence-corrected chi connectivity index (χ0v) is 11.7. The second-order valence-electron chi connectivity index (χ2n) is 5.04. The van der Waals surface area contributed by atoms with Crippen molar-refractivity contribution in [1.82, 2.24) is 0 Å². The maximum atomic E-state index is 11.6. The van der Waals surface area contributed by atoms with E-state index in [1.54, 1.807) is 24.3 Å². The average molecular weight is 282 g/mol. The number of ether oxygens (including phenoxy) is 1. The molecular weight excluding hydrogens is 264 g/mol. The molecular formula is C14H18O4S. The van der Waals surface area contributed by atoms with E-state index in [9.17, 15) is 13.2 Å². The van der Waals surface area contributed by atoms with Crippen molar-refractivity contribution in [2.45, 2.75) is 37.0 Å². The van der Waals surface area contributed by atoms with Gasteiger partial charge < -0.3 is 4.74 Å². The molecule has 0 saturated heterocycles. The fourth-order valence-corrected chi connectivity index (χ4v) is 3.57. The lowest BCUT2D eigenvalue weighted by atomic mass is 9.97. The van der Waals surface area contributed by atoms with Crippen LogP contribution in [0.25, 0.3) is 0 Å². The summed E-state index contributed by atoms with van der Waals surface area (Å²) in [6, 6.07) is 6.87. The van der Waals surface area contributed by atoms with Gasteiger partial charge >= 0.3 is 0 Å². The molecule has 2 atom stereocenters. The highest BCUT2D eigenvalue weighted by Crippen LogP contribution is 2.27. The standard InChI is InChI=1S/C14H18O4S/c1-19(16,17)14-4-2-3-13(9-14)18-12-7-5-11(10-15)6-8-12/h5-8,10,13-14H,2-4,9H2,1H3. The van der Waals surface area contributed by atoms with Crippen molar-refractivity contribution < 1.29 is 17.9 Å². The Morgan fingerprint density at radius 2 is 1.89 bits per heavy atom. The maximum absolute atomic E-state index is 11.6. The minimum atomic E-state index is -2.99. The zero-order valence-electron chi connectivity index (χ0n) is 10.9. The number of carbonyl (C=O) groups excluding carboxylic acids is 1. The number of carbonyl (C=O) groups is 1. The molecule has 2 unspecified atom stereocenters. The van der Waals surface area contributed by atoms with Crippen molar-refractivity contribution in [2.75, 3.05) is 6.26 Å². The van der Waals surface area contributed by atoms with Gasteiger partial charge in [-0.05, 0) is 43.5 Å². The minimum Gasteiger partial charge on any atom is -0.490 e. The second kappa shape index (κ2) is 5.74. The van der Waals surface area contributed by atoms with E-state index < -0.39 is 9.84 Å². The Morgan fingerprint density at radius 3 is 2.47 bits per heavy atom. The number of benzene rings is 1. The van der Waals surface area contributed by atoms with Crippen molar-refractivity contribution in [3.63, 3.8) is 0 Å². The second-order valence-corrected chi connectivity index (χ2v) is 7.37. The van der Waals surface area contributed by atoms with Gasteiger partial charge in [-0.15, -0.1) is 0 Å². The number of hydrogen-bond acceptors (Lipinski definition) is 4. The van der Waals surface area contributed by atoms with E-state index >= 15 is 0 Å². The third-order valence-electron chi connectivity index (χ3n) is 3.50. The van der Waals surface area contributed by atoms with Crippen LogP contribution in [0.5, 0.6) is 5.75 Å². The van der Waals surface area contributed by atoms with Gasteiger partial charge in [-0.3, -0.25) is 4.79 Å². The SMILES string of the molecule is CS(=O)(=O)C1CCCC(Oc2ccc(C=O)cc2)C1. The summed E-state index contributed by atoms with van der Waals surface area (Å²) < 4.78 is 28.9. The van der Waals surface area contributed by atoms with Crippen molar-refractivity contribution in [2.24, 2.45) is 0 Å². The van der Waals surface area contributed by atoms with E-state index in [-0.39, 0.29) is 11.4 Å². The fraction of sp³-hybridized carbons (Fsp3) is 0.500.